The molecule has 0 saturated carbocycles. The van der Waals surface area contributed by atoms with Crippen LogP contribution in [0.3, 0.4) is 0 Å². The minimum absolute atomic E-state index is 0.799. The van der Waals surface area contributed by atoms with Gasteiger partial charge in [0.15, 0.2) is 0 Å². The Kier molecular flexibility index (Phi) is 3.24. The van der Waals surface area contributed by atoms with E-state index in [-0.39, 0.29) is 0 Å². The molecule has 0 atom stereocenters. The molecule has 0 bridgehead atoms. The number of pyridine rings is 1. The Labute approximate surface area is 123 Å². The fourth-order valence-electron chi connectivity index (χ4n) is 2.21. The summed E-state index contributed by atoms with van der Waals surface area (Å²) in [6, 6.07) is 13.8. The van der Waals surface area contributed by atoms with Crippen molar-refractivity contribution >= 4 is 40.6 Å². The number of nitrogens with zero attached hydrogens (tertiary/aromatic N) is 1. The van der Waals surface area contributed by atoms with Gasteiger partial charge >= 0.3 is 0 Å². The minimum atomic E-state index is 0.799. The van der Waals surface area contributed by atoms with Crippen LogP contribution >= 0.6 is 12.6 Å². The Bertz CT molecular complexity index is 784. The molecule has 1 aromatic heterocycles. The van der Waals surface area contributed by atoms with Gasteiger partial charge in [0.1, 0.15) is 5.82 Å². The number of hydrogen-bond donors (Lipinski definition) is 3. The van der Waals surface area contributed by atoms with Crippen LogP contribution in [0.5, 0.6) is 0 Å². The maximum atomic E-state index is 6.14. The Morgan fingerprint density at radius 3 is 2.75 bits per heavy atom. The summed E-state index contributed by atoms with van der Waals surface area (Å²) >= 11 is 4.34. The third-order valence-corrected chi connectivity index (χ3v) is 3.59. The largest absolute Gasteiger partial charge is 0.398 e. The van der Waals surface area contributed by atoms with Gasteiger partial charge in [-0.3, -0.25) is 0 Å². The predicted molar refractivity (Wildman–Crippen MR) is 87.9 cm³/mol. The third-order valence-electron chi connectivity index (χ3n) is 3.31. The summed E-state index contributed by atoms with van der Waals surface area (Å²) in [5, 5.41) is 5.35. The second-order valence-electron chi connectivity index (χ2n) is 4.73. The maximum Gasteiger partial charge on any atom is 0.138 e. The van der Waals surface area contributed by atoms with Crippen molar-refractivity contribution in [3.8, 4) is 0 Å². The maximum absolute atomic E-state index is 6.14. The highest BCUT2D eigenvalue weighted by Gasteiger charge is 2.07. The molecular weight excluding hydrogens is 266 g/mol. The van der Waals surface area contributed by atoms with E-state index in [1.807, 2.05) is 49.4 Å². The lowest BCUT2D eigenvalue weighted by molar-refractivity contribution is 1.33. The van der Waals surface area contributed by atoms with E-state index in [9.17, 15) is 0 Å². The van der Waals surface area contributed by atoms with Gasteiger partial charge in [-0.15, -0.1) is 12.6 Å². The number of thiol groups is 1. The van der Waals surface area contributed by atoms with Crippen LogP contribution in [0, 0.1) is 6.92 Å². The van der Waals surface area contributed by atoms with Gasteiger partial charge in [0, 0.05) is 33.2 Å². The molecule has 0 aliphatic rings. The molecule has 2 aromatic carbocycles. The Morgan fingerprint density at radius 2 is 1.95 bits per heavy atom. The third kappa shape index (κ3) is 2.30. The molecule has 0 fully saturated rings. The highest BCUT2D eigenvalue weighted by molar-refractivity contribution is 7.80. The highest BCUT2D eigenvalue weighted by atomic mass is 32.1. The van der Waals surface area contributed by atoms with E-state index in [0.29, 0.717) is 0 Å². The number of nitrogens with two attached hydrogens (primary N) is 1. The Hall–Kier alpha value is -2.20. The number of benzene rings is 2. The Balaban J connectivity index is 2.10. The lowest BCUT2D eigenvalue weighted by Gasteiger charge is -2.11. The molecule has 0 saturated heterocycles. The number of aryl methyl sites for hydroxylation is 1. The summed E-state index contributed by atoms with van der Waals surface area (Å²) < 4.78 is 0. The number of anilines is 3. The van der Waals surface area contributed by atoms with Gasteiger partial charge in [-0.1, -0.05) is 18.2 Å². The van der Waals surface area contributed by atoms with Gasteiger partial charge in [0.25, 0.3) is 0 Å². The summed E-state index contributed by atoms with van der Waals surface area (Å²) in [5.41, 5.74) is 8.97. The molecule has 0 aliphatic carbocycles. The summed E-state index contributed by atoms with van der Waals surface area (Å²) in [5.74, 6) is 0.799. The van der Waals surface area contributed by atoms with Gasteiger partial charge in [-0.05, 0) is 36.8 Å². The normalized spacial score (nSPS) is 10.7. The van der Waals surface area contributed by atoms with Crippen LogP contribution in [0.1, 0.15) is 5.56 Å². The van der Waals surface area contributed by atoms with E-state index in [0.717, 1.165) is 38.4 Å². The molecule has 0 unspecified atom stereocenters. The van der Waals surface area contributed by atoms with E-state index < -0.39 is 0 Å². The van der Waals surface area contributed by atoms with Crippen molar-refractivity contribution in [1.82, 2.24) is 4.98 Å². The van der Waals surface area contributed by atoms with Crippen LogP contribution in [-0.2, 0) is 0 Å². The fourth-order valence-corrected chi connectivity index (χ4v) is 2.43. The predicted octanol–water partition coefficient (Wildman–Crippen LogP) is 4.16. The SMILES string of the molecule is Cc1ccc2c(Nc3cccc(S)c3)nccc2c1N. The second-order valence-corrected chi connectivity index (χ2v) is 5.24. The minimum Gasteiger partial charge on any atom is -0.398 e. The molecule has 3 rings (SSSR count). The Morgan fingerprint density at radius 1 is 1.10 bits per heavy atom. The average molecular weight is 281 g/mol. The van der Waals surface area contributed by atoms with E-state index in [4.69, 9.17) is 5.73 Å². The van der Waals surface area contributed by atoms with Crippen LogP contribution in [0.2, 0.25) is 0 Å². The van der Waals surface area contributed by atoms with Crippen LogP contribution in [0.15, 0.2) is 53.6 Å². The van der Waals surface area contributed by atoms with E-state index in [2.05, 4.69) is 22.9 Å². The zero-order valence-electron chi connectivity index (χ0n) is 11.1. The van der Waals surface area contributed by atoms with Gasteiger partial charge in [0.2, 0.25) is 0 Å². The number of rotatable bonds is 2. The molecular formula is C16H15N3S. The van der Waals surface area contributed by atoms with E-state index >= 15 is 0 Å². The van der Waals surface area contributed by atoms with Crippen LogP contribution < -0.4 is 11.1 Å². The van der Waals surface area contributed by atoms with E-state index in [1.54, 1.807) is 6.20 Å². The van der Waals surface area contributed by atoms with Crippen molar-refractivity contribution in [2.45, 2.75) is 11.8 Å². The van der Waals surface area contributed by atoms with Crippen LogP contribution in [-0.4, -0.2) is 4.98 Å². The molecule has 3 aromatic rings. The first-order valence-corrected chi connectivity index (χ1v) is 6.80. The van der Waals surface area contributed by atoms with Crippen molar-refractivity contribution in [3.63, 3.8) is 0 Å². The molecule has 0 aliphatic heterocycles. The molecule has 3 N–H and O–H groups in total. The van der Waals surface area contributed by atoms with Crippen molar-refractivity contribution < 1.29 is 0 Å². The molecule has 1 heterocycles. The number of hydrogen-bond acceptors (Lipinski definition) is 4. The first-order valence-electron chi connectivity index (χ1n) is 6.35. The number of nitrogens with one attached hydrogen (secondary N) is 1. The van der Waals surface area contributed by atoms with Gasteiger partial charge in [0.05, 0.1) is 0 Å². The fraction of sp³-hybridized carbons (Fsp3) is 0.0625. The lowest BCUT2D eigenvalue weighted by Crippen LogP contribution is -1.97. The molecule has 100 valence electrons. The van der Waals surface area contributed by atoms with E-state index in [1.165, 1.54) is 0 Å². The summed E-state index contributed by atoms with van der Waals surface area (Å²) in [4.78, 5) is 5.32. The van der Waals surface area contributed by atoms with Crippen molar-refractivity contribution in [3.05, 3.63) is 54.2 Å². The van der Waals surface area contributed by atoms with Crippen molar-refractivity contribution in [2.24, 2.45) is 0 Å². The number of nitrogen functional groups attached to an aromatic ring is 1. The molecule has 0 amide bonds. The molecule has 20 heavy (non-hydrogen) atoms. The standard InChI is InChI=1S/C16H15N3S/c1-10-5-6-14-13(15(10)17)7-8-18-16(14)19-11-3-2-4-12(20)9-11/h2-9,20H,17H2,1H3,(H,18,19). The highest BCUT2D eigenvalue weighted by Crippen LogP contribution is 2.30. The molecule has 0 spiro atoms. The lowest BCUT2D eigenvalue weighted by atomic mass is 10.1. The average Bonchev–Trinajstić information content (AvgIpc) is 2.43. The number of fused-ring (bicyclic) bond motifs is 1. The smallest absolute Gasteiger partial charge is 0.138 e. The quantitative estimate of drug-likeness (QED) is 0.488. The molecule has 3 nitrogen and oxygen atoms in total. The first kappa shape index (κ1) is 12.8. The topological polar surface area (TPSA) is 50.9 Å². The molecule has 0 radical (unpaired) electrons. The van der Waals surface area contributed by atoms with Crippen LogP contribution in [0.25, 0.3) is 10.8 Å². The van der Waals surface area contributed by atoms with Crippen LogP contribution in [0.4, 0.5) is 17.2 Å². The summed E-state index contributed by atoms with van der Waals surface area (Å²) in [6.07, 6.45) is 1.77. The first-order chi connectivity index (χ1) is 9.65. The summed E-state index contributed by atoms with van der Waals surface area (Å²) in [6.45, 7) is 2.01. The molecule has 4 heteroatoms. The van der Waals surface area contributed by atoms with Gasteiger partial charge in [-0.25, -0.2) is 4.98 Å². The van der Waals surface area contributed by atoms with Gasteiger partial charge in [-0.2, -0.15) is 0 Å². The van der Waals surface area contributed by atoms with Crippen molar-refractivity contribution in [1.29, 1.82) is 0 Å². The zero-order chi connectivity index (χ0) is 14.1. The number of aromatic nitrogens is 1. The monoisotopic (exact) mass is 281 g/mol. The summed E-state index contributed by atoms with van der Waals surface area (Å²) in [7, 11) is 0. The second kappa shape index (κ2) is 5.06. The van der Waals surface area contributed by atoms with Crippen molar-refractivity contribution in [2.75, 3.05) is 11.1 Å². The zero-order valence-corrected chi connectivity index (χ0v) is 12.0. The van der Waals surface area contributed by atoms with Gasteiger partial charge < -0.3 is 11.1 Å².